The Labute approximate surface area is 193 Å². The van der Waals surface area contributed by atoms with Gasteiger partial charge in [0.1, 0.15) is 0 Å². The maximum absolute atomic E-state index is 13.0. The summed E-state index contributed by atoms with van der Waals surface area (Å²) in [5, 5.41) is 3.05. The lowest BCUT2D eigenvalue weighted by Gasteiger charge is -2.37. The monoisotopic (exact) mass is 457 g/mol. The van der Waals surface area contributed by atoms with Gasteiger partial charge in [-0.15, -0.1) is 0 Å². The van der Waals surface area contributed by atoms with Gasteiger partial charge in [0.2, 0.25) is 0 Å². The van der Waals surface area contributed by atoms with Gasteiger partial charge in [-0.25, -0.2) is 0 Å². The van der Waals surface area contributed by atoms with E-state index < -0.39 is 0 Å². The van der Waals surface area contributed by atoms with Crippen LogP contribution in [-0.2, 0) is 14.2 Å². The van der Waals surface area contributed by atoms with Crippen molar-refractivity contribution in [1.82, 2.24) is 15.1 Å². The zero-order chi connectivity index (χ0) is 22.8. The third kappa shape index (κ3) is 4.68. The Balaban J connectivity index is 1.25. The Hall–Kier alpha value is -2.33. The molecule has 9 heteroatoms. The Morgan fingerprint density at radius 1 is 1.03 bits per heavy atom. The third-order valence-corrected chi connectivity index (χ3v) is 7.14. The molecule has 0 radical (unpaired) electrons. The van der Waals surface area contributed by atoms with E-state index in [4.69, 9.17) is 14.2 Å². The van der Waals surface area contributed by atoms with Crippen LogP contribution in [0.4, 0.5) is 0 Å². The SMILES string of the molecule is O=C(NCC(C1CCOC1)N1CCOCC1)c1ccc2c(c1)C(=O)N(CC1CCCO1)C2=O. The Morgan fingerprint density at radius 3 is 2.58 bits per heavy atom. The average molecular weight is 458 g/mol. The number of carbonyl (C=O) groups excluding carboxylic acids is 3. The summed E-state index contributed by atoms with van der Waals surface area (Å²) in [7, 11) is 0. The number of rotatable bonds is 7. The molecule has 1 aromatic carbocycles. The van der Waals surface area contributed by atoms with E-state index in [9.17, 15) is 14.4 Å². The molecule has 4 aliphatic rings. The number of nitrogens with one attached hydrogen (secondary N) is 1. The smallest absolute Gasteiger partial charge is 0.261 e. The minimum absolute atomic E-state index is 0.105. The number of nitrogens with zero attached hydrogens (tertiary/aromatic N) is 2. The number of carbonyl (C=O) groups is 3. The quantitative estimate of drug-likeness (QED) is 0.609. The molecule has 1 aromatic rings. The van der Waals surface area contributed by atoms with Crippen molar-refractivity contribution in [3.05, 3.63) is 34.9 Å². The summed E-state index contributed by atoms with van der Waals surface area (Å²) in [6.07, 6.45) is 2.66. The lowest BCUT2D eigenvalue weighted by molar-refractivity contribution is 0.00166. The highest BCUT2D eigenvalue weighted by Crippen LogP contribution is 2.26. The van der Waals surface area contributed by atoms with Crippen LogP contribution < -0.4 is 5.32 Å². The Bertz CT molecular complexity index is 903. The lowest BCUT2D eigenvalue weighted by atomic mass is 9.96. The summed E-state index contributed by atoms with van der Waals surface area (Å²) in [6.45, 7) is 5.96. The van der Waals surface area contributed by atoms with Gasteiger partial charge >= 0.3 is 0 Å². The molecule has 4 aliphatic heterocycles. The average Bonchev–Trinajstić information content (AvgIpc) is 3.60. The third-order valence-electron chi connectivity index (χ3n) is 7.14. The first-order valence-electron chi connectivity index (χ1n) is 11.9. The van der Waals surface area contributed by atoms with Crippen LogP contribution in [0.3, 0.4) is 0 Å². The van der Waals surface area contributed by atoms with Crippen molar-refractivity contribution in [2.24, 2.45) is 5.92 Å². The summed E-state index contributed by atoms with van der Waals surface area (Å²) in [5.41, 5.74) is 1.03. The van der Waals surface area contributed by atoms with Crippen LogP contribution in [0, 0.1) is 5.92 Å². The van der Waals surface area contributed by atoms with Gasteiger partial charge < -0.3 is 19.5 Å². The fraction of sp³-hybridized carbons (Fsp3) is 0.625. The van der Waals surface area contributed by atoms with Crippen LogP contribution >= 0.6 is 0 Å². The molecule has 3 fully saturated rings. The van der Waals surface area contributed by atoms with Gasteiger partial charge in [-0.1, -0.05) is 0 Å². The van der Waals surface area contributed by atoms with E-state index in [1.807, 2.05) is 0 Å². The van der Waals surface area contributed by atoms with E-state index in [0.717, 1.165) is 39.0 Å². The van der Waals surface area contributed by atoms with Crippen LogP contribution in [0.1, 0.15) is 50.3 Å². The van der Waals surface area contributed by atoms with Crippen LogP contribution in [0.5, 0.6) is 0 Å². The van der Waals surface area contributed by atoms with E-state index in [1.54, 1.807) is 18.2 Å². The van der Waals surface area contributed by atoms with E-state index >= 15 is 0 Å². The van der Waals surface area contributed by atoms with Crippen molar-refractivity contribution in [1.29, 1.82) is 0 Å². The summed E-state index contributed by atoms with van der Waals surface area (Å²) in [6, 6.07) is 4.93. The minimum atomic E-state index is -0.352. The van der Waals surface area contributed by atoms with Gasteiger partial charge in [-0.05, 0) is 37.5 Å². The molecule has 3 saturated heterocycles. The first-order chi connectivity index (χ1) is 16.1. The molecule has 0 aromatic heterocycles. The number of benzene rings is 1. The van der Waals surface area contributed by atoms with Crippen molar-refractivity contribution in [2.45, 2.75) is 31.4 Å². The van der Waals surface area contributed by atoms with E-state index in [2.05, 4.69) is 10.2 Å². The fourth-order valence-electron chi connectivity index (χ4n) is 5.25. The fourth-order valence-corrected chi connectivity index (χ4v) is 5.25. The van der Waals surface area contributed by atoms with Gasteiger partial charge in [0.05, 0.1) is 43.6 Å². The predicted octanol–water partition coefficient (Wildman–Crippen LogP) is 0.929. The highest BCUT2D eigenvalue weighted by atomic mass is 16.5. The first kappa shape index (κ1) is 22.5. The molecule has 33 heavy (non-hydrogen) atoms. The highest BCUT2D eigenvalue weighted by Gasteiger charge is 2.38. The van der Waals surface area contributed by atoms with Gasteiger partial charge in [0, 0.05) is 50.4 Å². The topological polar surface area (TPSA) is 97.4 Å². The van der Waals surface area contributed by atoms with E-state index in [0.29, 0.717) is 55.6 Å². The molecule has 3 unspecified atom stereocenters. The maximum atomic E-state index is 13.0. The number of amides is 3. The molecule has 9 nitrogen and oxygen atoms in total. The number of hydrogen-bond donors (Lipinski definition) is 1. The summed E-state index contributed by atoms with van der Waals surface area (Å²) in [5.74, 6) is -0.540. The second-order valence-corrected chi connectivity index (χ2v) is 9.17. The van der Waals surface area contributed by atoms with Crippen molar-refractivity contribution < 1.29 is 28.6 Å². The number of ether oxygens (including phenoxy) is 3. The molecule has 3 atom stereocenters. The number of imide groups is 1. The van der Waals surface area contributed by atoms with Crippen LogP contribution in [0.2, 0.25) is 0 Å². The molecule has 4 heterocycles. The van der Waals surface area contributed by atoms with E-state index in [-0.39, 0.29) is 36.4 Å². The molecule has 3 amide bonds. The summed E-state index contributed by atoms with van der Waals surface area (Å²) in [4.78, 5) is 42.2. The molecule has 1 N–H and O–H groups in total. The second-order valence-electron chi connectivity index (χ2n) is 9.17. The van der Waals surface area contributed by atoms with Gasteiger partial charge in [-0.2, -0.15) is 0 Å². The zero-order valence-corrected chi connectivity index (χ0v) is 18.8. The standard InChI is InChI=1S/C24H31N3O6/c28-22(25-13-21(17-5-9-32-15-17)26-6-10-31-11-7-26)16-3-4-19-20(12-16)24(30)27(23(19)29)14-18-2-1-8-33-18/h3-4,12,17-18,21H,1-2,5-11,13-15H2,(H,25,28). The summed E-state index contributed by atoms with van der Waals surface area (Å²) < 4.78 is 16.7. The molecule has 0 spiro atoms. The van der Waals surface area contributed by atoms with Gasteiger partial charge in [0.15, 0.2) is 0 Å². The normalized spacial score (nSPS) is 26.6. The molecule has 178 valence electrons. The van der Waals surface area contributed by atoms with Crippen molar-refractivity contribution in [3.63, 3.8) is 0 Å². The molecular weight excluding hydrogens is 426 g/mol. The minimum Gasteiger partial charge on any atom is -0.381 e. The Morgan fingerprint density at radius 2 is 1.85 bits per heavy atom. The van der Waals surface area contributed by atoms with Crippen LogP contribution in [0.25, 0.3) is 0 Å². The molecular formula is C24H31N3O6. The molecule has 5 rings (SSSR count). The van der Waals surface area contributed by atoms with Crippen molar-refractivity contribution in [2.75, 3.05) is 59.2 Å². The predicted molar refractivity (Wildman–Crippen MR) is 118 cm³/mol. The van der Waals surface area contributed by atoms with Crippen LogP contribution in [0.15, 0.2) is 18.2 Å². The van der Waals surface area contributed by atoms with Crippen molar-refractivity contribution in [3.8, 4) is 0 Å². The number of fused-ring (bicyclic) bond motifs is 1. The van der Waals surface area contributed by atoms with Crippen molar-refractivity contribution >= 4 is 17.7 Å². The first-order valence-corrected chi connectivity index (χ1v) is 11.9. The highest BCUT2D eigenvalue weighted by molar-refractivity contribution is 6.22. The zero-order valence-electron chi connectivity index (χ0n) is 18.8. The van der Waals surface area contributed by atoms with Crippen LogP contribution in [-0.4, -0.2) is 98.9 Å². The Kier molecular flexibility index (Phi) is 6.73. The largest absolute Gasteiger partial charge is 0.381 e. The molecule has 0 bridgehead atoms. The maximum Gasteiger partial charge on any atom is 0.261 e. The number of morpholine rings is 1. The summed E-state index contributed by atoms with van der Waals surface area (Å²) >= 11 is 0. The number of hydrogen-bond acceptors (Lipinski definition) is 7. The second kappa shape index (κ2) is 9.89. The molecule has 0 saturated carbocycles. The lowest BCUT2D eigenvalue weighted by Crippen LogP contribution is -2.52. The van der Waals surface area contributed by atoms with Gasteiger partial charge in [-0.3, -0.25) is 24.2 Å². The van der Waals surface area contributed by atoms with E-state index in [1.165, 1.54) is 4.90 Å². The van der Waals surface area contributed by atoms with Gasteiger partial charge in [0.25, 0.3) is 17.7 Å². The molecule has 0 aliphatic carbocycles.